The summed E-state index contributed by atoms with van der Waals surface area (Å²) in [5.41, 5.74) is 0.474. The van der Waals surface area contributed by atoms with E-state index < -0.39 is 0 Å². The van der Waals surface area contributed by atoms with Crippen LogP contribution in [-0.4, -0.2) is 15.8 Å². The molecule has 0 spiro atoms. The lowest BCUT2D eigenvalue weighted by molar-refractivity contribution is 0.0994. The fraction of sp³-hybridized carbons (Fsp3) is 0.0833. The summed E-state index contributed by atoms with van der Waals surface area (Å²) in [5.74, 6) is 0.395. The number of nitrogens with one attached hydrogen (secondary N) is 1. The zero-order valence-electron chi connectivity index (χ0n) is 9.17. The first kappa shape index (κ1) is 11.3. The molecule has 1 N–H and O–H groups in total. The number of aromatic nitrogens is 2. The van der Waals surface area contributed by atoms with Crippen molar-refractivity contribution in [3.8, 4) is 0 Å². The molecule has 3 aromatic heterocycles. The average Bonchev–Trinajstić information content (AvgIpc) is 2.99. The third-order valence-corrected chi connectivity index (χ3v) is 4.30. The Bertz CT molecular complexity index is 756. The summed E-state index contributed by atoms with van der Waals surface area (Å²) in [6.45, 7) is 0. The van der Waals surface area contributed by atoms with E-state index in [0.717, 1.165) is 0 Å². The standard InChI is InChI=1S/C12H8N2O2S2/c15-8(9-2-1-4-17-9)6-10-13-7-3-5-18-11(7)12(16)14-10/h1-5H,6H2,(H,13,14,16). The number of hydrogen-bond donors (Lipinski definition) is 1. The van der Waals surface area contributed by atoms with E-state index >= 15 is 0 Å². The summed E-state index contributed by atoms with van der Waals surface area (Å²) in [7, 11) is 0. The van der Waals surface area contributed by atoms with Crippen LogP contribution in [0.4, 0.5) is 0 Å². The van der Waals surface area contributed by atoms with E-state index in [9.17, 15) is 9.59 Å². The molecule has 0 saturated carbocycles. The number of thiophene rings is 2. The van der Waals surface area contributed by atoms with Crippen LogP contribution in [0.2, 0.25) is 0 Å². The van der Waals surface area contributed by atoms with Gasteiger partial charge in [-0.1, -0.05) is 6.07 Å². The highest BCUT2D eigenvalue weighted by atomic mass is 32.1. The van der Waals surface area contributed by atoms with Gasteiger partial charge in [-0.15, -0.1) is 22.7 Å². The van der Waals surface area contributed by atoms with Crippen LogP contribution in [0, 0.1) is 0 Å². The molecular weight excluding hydrogens is 268 g/mol. The van der Waals surface area contributed by atoms with Gasteiger partial charge >= 0.3 is 0 Å². The first-order chi connectivity index (χ1) is 8.74. The smallest absolute Gasteiger partial charge is 0.268 e. The van der Waals surface area contributed by atoms with Gasteiger partial charge in [0.25, 0.3) is 5.56 Å². The van der Waals surface area contributed by atoms with Crippen molar-refractivity contribution in [2.75, 3.05) is 0 Å². The fourth-order valence-electron chi connectivity index (χ4n) is 1.68. The predicted octanol–water partition coefficient (Wildman–Crippen LogP) is 2.47. The second kappa shape index (κ2) is 4.47. The van der Waals surface area contributed by atoms with Gasteiger partial charge in [0.1, 0.15) is 10.5 Å². The van der Waals surface area contributed by atoms with Gasteiger partial charge in [0.15, 0.2) is 5.78 Å². The summed E-state index contributed by atoms with van der Waals surface area (Å²) in [4.78, 5) is 31.3. The van der Waals surface area contributed by atoms with Crippen molar-refractivity contribution in [1.29, 1.82) is 0 Å². The molecule has 0 amide bonds. The fourth-order valence-corrected chi connectivity index (χ4v) is 3.07. The molecule has 3 aromatic rings. The minimum absolute atomic E-state index is 0.0253. The maximum atomic E-state index is 11.9. The number of carbonyl (C=O) groups excluding carboxylic acids is 1. The lowest BCUT2D eigenvalue weighted by Gasteiger charge is -1.99. The molecule has 4 nitrogen and oxygen atoms in total. The predicted molar refractivity (Wildman–Crippen MR) is 72.6 cm³/mol. The Morgan fingerprint density at radius 2 is 2.17 bits per heavy atom. The zero-order valence-corrected chi connectivity index (χ0v) is 10.8. The lowest BCUT2D eigenvalue weighted by atomic mass is 10.2. The zero-order chi connectivity index (χ0) is 12.5. The minimum Gasteiger partial charge on any atom is -0.309 e. The Kier molecular flexibility index (Phi) is 2.81. The molecule has 3 rings (SSSR count). The Morgan fingerprint density at radius 1 is 1.28 bits per heavy atom. The van der Waals surface area contributed by atoms with E-state index in [0.29, 0.717) is 20.9 Å². The van der Waals surface area contributed by atoms with Gasteiger partial charge in [0.05, 0.1) is 16.8 Å². The minimum atomic E-state index is -0.177. The van der Waals surface area contributed by atoms with E-state index in [4.69, 9.17) is 0 Å². The molecule has 3 heterocycles. The van der Waals surface area contributed by atoms with E-state index in [-0.39, 0.29) is 17.8 Å². The molecule has 0 saturated heterocycles. The number of hydrogen-bond acceptors (Lipinski definition) is 5. The molecule has 6 heteroatoms. The highest BCUT2D eigenvalue weighted by Gasteiger charge is 2.11. The van der Waals surface area contributed by atoms with Crippen molar-refractivity contribution in [3.05, 3.63) is 50.0 Å². The molecule has 0 aliphatic carbocycles. The number of carbonyl (C=O) groups is 1. The van der Waals surface area contributed by atoms with Gasteiger partial charge in [-0.25, -0.2) is 4.98 Å². The number of ketones is 1. The Balaban J connectivity index is 1.95. The third-order valence-electron chi connectivity index (χ3n) is 2.49. The van der Waals surface area contributed by atoms with Gasteiger partial charge in [0, 0.05) is 0 Å². The molecule has 0 bridgehead atoms. The molecule has 0 atom stereocenters. The number of aromatic amines is 1. The number of nitrogens with zero attached hydrogens (tertiary/aromatic N) is 1. The van der Waals surface area contributed by atoms with Gasteiger partial charge in [-0.05, 0) is 22.9 Å². The quantitative estimate of drug-likeness (QED) is 0.747. The Morgan fingerprint density at radius 3 is 2.94 bits per heavy atom. The van der Waals surface area contributed by atoms with E-state index in [1.54, 1.807) is 12.1 Å². The van der Waals surface area contributed by atoms with Crippen LogP contribution in [0.5, 0.6) is 0 Å². The monoisotopic (exact) mass is 276 g/mol. The molecular formula is C12H8N2O2S2. The number of rotatable bonds is 3. The van der Waals surface area contributed by atoms with Crippen LogP contribution in [0.3, 0.4) is 0 Å². The van der Waals surface area contributed by atoms with Crippen LogP contribution >= 0.6 is 22.7 Å². The van der Waals surface area contributed by atoms with Crippen molar-refractivity contribution < 1.29 is 4.79 Å². The number of fused-ring (bicyclic) bond motifs is 1. The van der Waals surface area contributed by atoms with Crippen molar-refractivity contribution in [3.63, 3.8) is 0 Å². The molecule has 0 aliphatic heterocycles. The van der Waals surface area contributed by atoms with Crippen molar-refractivity contribution >= 4 is 38.7 Å². The van der Waals surface area contributed by atoms with Crippen molar-refractivity contribution in [1.82, 2.24) is 9.97 Å². The second-order valence-electron chi connectivity index (χ2n) is 3.72. The highest BCUT2D eigenvalue weighted by molar-refractivity contribution is 7.17. The van der Waals surface area contributed by atoms with Gasteiger partial charge in [0.2, 0.25) is 0 Å². The summed E-state index contributed by atoms with van der Waals surface area (Å²) >= 11 is 2.74. The van der Waals surface area contributed by atoms with Gasteiger partial charge in [-0.2, -0.15) is 0 Å². The molecule has 0 aliphatic rings. The summed E-state index contributed by atoms with van der Waals surface area (Å²) in [6, 6.07) is 5.39. The first-order valence-electron chi connectivity index (χ1n) is 5.27. The Hall–Kier alpha value is -1.79. The average molecular weight is 276 g/mol. The summed E-state index contributed by atoms with van der Waals surface area (Å²) in [5, 5.41) is 3.67. The van der Waals surface area contributed by atoms with Crippen LogP contribution in [0.1, 0.15) is 15.5 Å². The molecule has 0 aromatic carbocycles. The molecule has 0 fully saturated rings. The summed E-state index contributed by atoms with van der Waals surface area (Å²) < 4.78 is 0.599. The van der Waals surface area contributed by atoms with Crippen LogP contribution in [-0.2, 0) is 6.42 Å². The maximum Gasteiger partial charge on any atom is 0.268 e. The number of Topliss-reactive ketones (excluding diaryl/α,β-unsaturated/α-hetero) is 1. The molecule has 18 heavy (non-hydrogen) atoms. The first-order valence-corrected chi connectivity index (χ1v) is 7.03. The topological polar surface area (TPSA) is 62.8 Å². The SMILES string of the molecule is O=C(Cc1nc2ccsc2c(=O)[nH]1)c1cccs1. The normalized spacial score (nSPS) is 10.9. The molecule has 0 radical (unpaired) electrons. The van der Waals surface area contributed by atoms with E-state index in [1.807, 2.05) is 16.8 Å². The van der Waals surface area contributed by atoms with Crippen LogP contribution in [0.25, 0.3) is 10.2 Å². The number of H-pyrrole nitrogens is 1. The van der Waals surface area contributed by atoms with Crippen molar-refractivity contribution in [2.45, 2.75) is 6.42 Å². The van der Waals surface area contributed by atoms with E-state index in [1.165, 1.54) is 22.7 Å². The second-order valence-corrected chi connectivity index (χ2v) is 5.59. The van der Waals surface area contributed by atoms with Gasteiger partial charge < -0.3 is 4.98 Å². The molecule has 90 valence electrons. The Labute approximate surface area is 110 Å². The van der Waals surface area contributed by atoms with Crippen molar-refractivity contribution in [2.24, 2.45) is 0 Å². The van der Waals surface area contributed by atoms with E-state index in [2.05, 4.69) is 9.97 Å². The summed E-state index contributed by atoms with van der Waals surface area (Å²) in [6.07, 6.45) is 0.127. The maximum absolute atomic E-state index is 11.9. The highest BCUT2D eigenvalue weighted by Crippen LogP contribution is 2.15. The third kappa shape index (κ3) is 2.00. The largest absolute Gasteiger partial charge is 0.309 e. The molecule has 0 unspecified atom stereocenters. The van der Waals surface area contributed by atoms with Crippen LogP contribution < -0.4 is 5.56 Å². The lowest BCUT2D eigenvalue weighted by Crippen LogP contribution is -2.13. The van der Waals surface area contributed by atoms with Gasteiger partial charge in [-0.3, -0.25) is 9.59 Å². The van der Waals surface area contributed by atoms with Crippen LogP contribution in [0.15, 0.2) is 33.8 Å².